The van der Waals surface area contributed by atoms with Crippen LogP contribution in [0.2, 0.25) is 0 Å². The normalized spacial score (nSPS) is 22.7. The quantitative estimate of drug-likeness (QED) is 0.292. The minimum atomic E-state index is -1.38. The van der Waals surface area contributed by atoms with E-state index in [-0.39, 0.29) is 23.5 Å². The van der Waals surface area contributed by atoms with Gasteiger partial charge in [-0.25, -0.2) is 4.79 Å². The number of nitrogens with zero attached hydrogens (tertiary/aromatic N) is 2. The van der Waals surface area contributed by atoms with Gasteiger partial charge in [-0.05, 0) is 18.2 Å². The molecule has 1 fully saturated rings. The van der Waals surface area contributed by atoms with Crippen LogP contribution in [0, 0.1) is 20.2 Å². The number of nitrogens with one attached hydrogen (secondary N) is 1. The van der Waals surface area contributed by atoms with Crippen molar-refractivity contribution in [2.24, 2.45) is 0 Å². The summed E-state index contributed by atoms with van der Waals surface area (Å²) in [6.45, 7) is -0.382. The van der Waals surface area contributed by atoms with Crippen molar-refractivity contribution in [1.82, 2.24) is 4.98 Å². The molecule has 4 rings (SSSR count). The molecule has 0 saturated carbocycles. The molecule has 3 aromatic rings. The highest BCUT2D eigenvalue weighted by molar-refractivity contribution is 5.89. The summed E-state index contributed by atoms with van der Waals surface area (Å²) in [6, 6.07) is 9.00. The van der Waals surface area contributed by atoms with Crippen LogP contribution >= 0.6 is 0 Å². The molecule has 3 N–H and O–H groups in total. The molecule has 0 radical (unpaired) electrons. The summed E-state index contributed by atoms with van der Waals surface area (Å²) in [4.78, 5) is 35.8. The highest BCUT2D eigenvalue weighted by Crippen LogP contribution is 2.38. The van der Waals surface area contributed by atoms with Gasteiger partial charge in [-0.3, -0.25) is 20.2 Å². The number of hydrogen-bond donors (Lipinski definition) is 3. The minimum Gasteiger partial charge on any atom is -0.459 e. The number of fused-ring (bicyclic) bond motifs is 1. The predicted octanol–water partition coefficient (Wildman–Crippen LogP) is 2.00. The predicted molar refractivity (Wildman–Crippen MR) is 108 cm³/mol. The van der Waals surface area contributed by atoms with Gasteiger partial charge in [-0.2, -0.15) is 0 Å². The zero-order chi connectivity index (χ0) is 23.0. The second-order valence-corrected chi connectivity index (χ2v) is 7.21. The van der Waals surface area contributed by atoms with Gasteiger partial charge in [0.05, 0.1) is 15.4 Å². The molecule has 2 heterocycles. The lowest BCUT2D eigenvalue weighted by Gasteiger charge is -2.14. The Bertz CT molecular complexity index is 1190. The van der Waals surface area contributed by atoms with E-state index in [2.05, 4.69) is 4.98 Å². The average Bonchev–Trinajstić information content (AvgIpc) is 3.32. The summed E-state index contributed by atoms with van der Waals surface area (Å²) in [7, 11) is 0. The molecular weight excluding hydrogens is 426 g/mol. The van der Waals surface area contributed by atoms with Crippen molar-refractivity contribution in [3.63, 3.8) is 0 Å². The number of carbonyl (C=O) groups is 1. The summed E-state index contributed by atoms with van der Waals surface area (Å²) >= 11 is 0. The van der Waals surface area contributed by atoms with Gasteiger partial charge in [-0.1, -0.05) is 0 Å². The number of H-pyrrole nitrogens is 1. The van der Waals surface area contributed by atoms with Crippen LogP contribution in [-0.4, -0.2) is 55.9 Å². The van der Waals surface area contributed by atoms with E-state index >= 15 is 0 Å². The van der Waals surface area contributed by atoms with Crippen LogP contribution in [-0.2, 0) is 9.47 Å². The van der Waals surface area contributed by atoms with Crippen LogP contribution in [0.4, 0.5) is 11.4 Å². The second-order valence-electron chi connectivity index (χ2n) is 7.21. The van der Waals surface area contributed by atoms with Gasteiger partial charge < -0.3 is 24.7 Å². The van der Waals surface area contributed by atoms with Crippen LogP contribution in [0.3, 0.4) is 0 Å². The van der Waals surface area contributed by atoms with Gasteiger partial charge in [-0.15, -0.1) is 0 Å². The number of rotatable bonds is 6. The molecule has 4 atom stereocenters. The van der Waals surface area contributed by atoms with Gasteiger partial charge in [0.1, 0.15) is 31.0 Å². The molecule has 1 saturated heterocycles. The lowest BCUT2D eigenvalue weighted by molar-refractivity contribution is -0.385. The molecule has 166 valence electrons. The fourth-order valence-electron chi connectivity index (χ4n) is 3.58. The minimum absolute atomic E-state index is 0.0733. The number of non-ortho nitro benzene ring substituents is 2. The van der Waals surface area contributed by atoms with Crippen LogP contribution in [0.15, 0.2) is 48.7 Å². The van der Waals surface area contributed by atoms with Crippen LogP contribution in [0.25, 0.3) is 10.9 Å². The number of aromatic amines is 1. The van der Waals surface area contributed by atoms with Crippen molar-refractivity contribution in [2.45, 2.75) is 24.4 Å². The second kappa shape index (κ2) is 8.34. The Hall–Kier alpha value is -3.87. The maximum Gasteiger partial charge on any atom is 0.338 e. The molecule has 12 heteroatoms. The monoisotopic (exact) mass is 443 g/mol. The highest BCUT2D eigenvalue weighted by Gasteiger charge is 2.44. The number of nitro groups is 2. The van der Waals surface area contributed by atoms with E-state index in [0.717, 1.165) is 12.1 Å². The highest BCUT2D eigenvalue weighted by atomic mass is 16.6. The number of aliphatic hydroxyl groups excluding tert-OH is 2. The van der Waals surface area contributed by atoms with Crippen molar-refractivity contribution < 1.29 is 34.3 Å². The fourth-order valence-corrected chi connectivity index (χ4v) is 3.58. The first-order valence-corrected chi connectivity index (χ1v) is 9.45. The Labute approximate surface area is 179 Å². The molecular formula is C20H17N3O9. The molecule has 12 nitrogen and oxygen atoms in total. The SMILES string of the molecule is O=C(OC[C@H]1O[C@@H](c2c[nH]c3ccc([N+](=O)[O-])cc23)[C@H](O)[C@@H]1O)c1ccc([N+](=O)[O-])cc1. The van der Waals surface area contributed by atoms with E-state index in [9.17, 15) is 35.2 Å². The standard InChI is InChI=1S/C20H17N3O9/c24-17-16(9-31-20(26)10-1-3-11(4-2-10)22(27)28)32-19(18(17)25)14-8-21-15-6-5-12(23(29)30)7-13(14)15/h1-8,16-19,21,24-25H,9H2/t16-,17-,18-,19+/m1/s1. The van der Waals surface area contributed by atoms with Gasteiger partial charge in [0.25, 0.3) is 11.4 Å². The van der Waals surface area contributed by atoms with E-state index in [0.29, 0.717) is 16.5 Å². The van der Waals surface area contributed by atoms with Gasteiger partial charge in [0.2, 0.25) is 0 Å². The largest absolute Gasteiger partial charge is 0.459 e. The third kappa shape index (κ3) is 3.89. The summed E-state index contributed by atoms with van der Waals surface area (Å²) in [5, 5.41) is 43.1. The number of benzene rings is 2. The van der Waals surface area contributed by atoms with Gasteiger partial charge >= 0.3 is 5.97 Å². The van der Waals surface area contributed by atoms with Crippen molar-refractivity contribution in [3.05, 3.63) is 80.0 Å². The van der Waals surface area contributed by atoms with Crippen molar-refractivity contribution >= 4 is 28.2 Å². The average molecular weight is 443 g/mol. The topological polar surface area (TPSA) is 178 Å². The third-order valence-electron chi connectivity index (χ3n) is 5.27. The van der Waals surface area contributed by atoms with Gasteiger partial charge in [0, 0.05) is 46.9 Å². The van der Waals surface area contributed by atoms with E-state index in [1.165, 1.54) is 36.5 Å². The Morgan fingerprint density at radius 3 is 2.34 bits per heavy atom. The molecule has 0 amide bonds. The van der Waals surface area contributed by atoms with E-state index in [1.807, 2.05) is 0 Å². The molecule has 0 aliphatic carbocycles. The van der Waals surface area contributed by atoms with E-state index in [4.69, 9.17) is 9.47 Å². The van der Waals surface area contributed by atoms with Crippen LogP contribution in [0.5, 0.6) is 0 Å². The number of carbonyl (C=O) groups excluding carboxylic acids is 1. The first kappa shape index (κ1) is 21.4. The number of nitro benzene ring substituents is 2. The number of aliphatic hydroxyl groups is 2. The maximum absolute atomic E-state index is 12.2. The lowest BCUT2D eigenvalue weighted by Crippen LogP contribution is -2.34. The van der Waals surface area contributed by atoms with E-state index < -0.39 is 40.2 Å². The molecule has 2 aromatic carbocycles. The summed E-state index contributed by atoms with van der Waals surface area (Å²) in [5.74, 6) is -0.781. The molecule has 1 aliphatic heterocycles. The number of esters is 1. The number of ether oxygens (including phenoxy) is 2. The fraction of sp³-hybridized carbons (Fsp3) is 0.250. The van der Waals surface area contributed by atoms with Crippen molar-refractivity contribution in [1.29, 1.82) is 0 Å². The molecule has 1 aliphatic rings. The number of aromatic nitrogens is 1. The Morgan fingerprint density at radius 2 is 1.69 bits per heavy atom. The number of hydrogen-bond acceptors (Lipinski definition) is 9. The Morgan fingerprint density at radius 1 is 1.03 bits per heavy atom. The first-order valence-electron chi connectivity index (χ1n) is 9.45. The Balaban J connectivity index is 1.47. The van der Waals surface area contributed by atoms with Crippen LogP contribution < -0.4 is 0 Å². The zero-order valence-electron chi connectivity index (χ0n) is 16.3. The molecule has 32 heavy (non-hydrogen) atoms. The summed E-state index contributed by atoms with van der Waals surface area (Å²) < 4.78 is 10.9. The molecule has 0 unspecified atom stereocenters. The molecule has 0 spiro atoms. The molecule has 0 bridgehead atoms. The van der Waals surface area contributed by atoms with Gasteiger partial charge in [0.15, 0.2) is 0 Å². The summed E-state index contributed by atoms with van der Waals surface area (Å²) in [6.07, 6.45) is -3.28. The summed E-state index contributed by atoms with van der Waals surface area (Å²) in [5.41, 5.74) is 0.758. The van der Waals surface area contributed by atoms with E-state index in [1.54, 1.807) is 0 Å². The van der Waals surface area contributed by atoms with Crippen molar-refractivity contribution in [3.8, 4) is 0 Å². The molecule has 1 aromatic heterocycles. The Kier molecular flexibility index (Phi) is 5.57. The first-order chi connectivity index (χ1) is 15.3. The third-order valence-corrected chi connectivity index (χ3v) is 5.27. The lowest BCUT2D eigenvalue weighted by atomic mass is 10.0. The van der Waals surface area contributed by atoms with Crippen molar-refractivity contribution in [2.75, 3.05) is 6.61 Å². The van der Waals surface area contributed by atoms with Crippen LogP contribution in [0.1, 0.15) is 22.0 Å². The zero-order valence-corrected chi connectivity index (χ0v) is 16.3. The maximum atomic E-state index is 12.2. The smallest absolute Gasteiger partial charge is 0.338 e.